The number of imidazole rings is 1. The zero-order valence-electron chi connectivity index (χ0n) is 9.26. The number of nitrogens with zero attached hydrogens (tertiary/aromatic N) is 3. The molecule has 84 valence electrons. The van der Waals surface area contributed by atoms with Crippen molar-refractivity contribution in [2.75, 3.05) is 18.0 Å². The number of aromatic nitrogens is 2. The molecule has 4 nitrogen and oxygen atoms in total. The summed E-state index contributed by atoms with van der Waals surface area (Å²) in [5, 5.41) is 0. The van der Waals surface area contributed by atoms with Crippen LogP contribution in [0.4, 0.5) is 5.69 Å². The van der Waals surface area contributed by atoms with E-state index in [9.17, 15) is 0 Å². The predicted molar refractivity (Wildman–Crippen MR) is 64.5 cm³/mol. The largest absolute Gasteiger partial charge is 0.370 e. The molecule has 0 saturated carbocycles. The van der Waals surface area contributed by atoms with Crippen LogP contribution in [0.1, 0.15) is 18.5 Å². The number of rotatable bonds is 2. The molecule has 2 N–H and O–H groups in total. The summed E-state index contributed by atoms with van der Waals surface area (Å²) in [7, 11) is 0. The van der Waals surface area contributed by atoms with Crippen molar-refractivity contribution in [1.82, 2.24) is 9.38 Å². The first-order chi connectivity index (χ1) is 7.86. The first-order valence-corrected chi connectivity index (χ1v) is 5.79. The minimum Gasteiger partial charge on any atom is -0.370 e. The number of hydrogen-bond donors (Lipinski definition) is 1. The van der Waals surface area contributed by atoms with Gasteiger partial charge in [-0.3, -0.25) is 0 Å². The highest BCUT2D eigenvalue weighted by Crippen LogP contribution is 2.20. The molecule has 1 fully saturated rings. The van der Waals surface area contributed by atoms with Gasteiger partial charge in [0.05, 0.1) is 11.4 Å². The summed E-state index contributed by atoms with van der Waals surface area (Å²) in [5.41, 5.74) is 8.79. The lowest BCUT2D eigenvalue weighted by Crippen LogP contribution is -2.17. The van der Waals surface area contributed by atoms with Crippen molar-refractivity contribution in [2.24, 2.45) is 5.73 Å². The summed E-state index contributed by atoms with van der Waals surface area (Å²) in [5.74, 6) is 0. The zero-order chi connectivity index (χ0) is 11.0. The highest BCUT2D eigenvalue weighted by molar-refractivity contribution is 5.52. The molecule has 1 aliphatic heterocycles. The highest BCUT2D eigenvalue weighted by Gasteiger charge is 2.12. The maximum absolute atomic E-state index is 5.59. The number of nitrogens with two attached hydrogens (primary N) is 1. The Bertz CT molecular complexity index is 497. The van der Waals surface area contributed by atoms with Gasteiger partial charge in [0, 0.05) is 32.0 Å². The van der Waals surface area contributed by atoms with Crippen molar-refractivity contribution in [3.63, 3.8) is 0 Å². The molecule has 0 unspecified atom stereocenters. The quantitative estimate of drug-likeness (QED) is 0.825. The monoisotopic (exact) mass is 216 g/mol. The molecule has 0 radical (unpaired) electrons. The van der Waals surface area contributed by atoms with E-state index in [-0.39, 0.29) is 0 Å². The minimum absolute atomic E-state index is 0.501. The Labute approximate surface area is 94.7 Å². The standard InChI is InChI=1S/C12H16N4/c13-7-10-8-16-9-11(3-4-12(16)14-10)15-5-1-2-6-15/h3-4,8-9H,1-2,5-7,13H2. The van der Waals surface area contributed by atoms with Crippen molar-refractivity contribution >= 4 is 11.3 Å². The van der Waals surface area contributed by atoms with E-state index >= 15 is 0 Å². The van der Waals surface area contributed by atoms with Crippen LogP contribution in [-0.4, -0.2) is 22.5 Å². The third kappa shape index (κ3) is 1.55. The molecule has 16 heavy (non-hydrogen) atoms. The highest BCUT2D eigenvalue weighted by atomic mass is 15.2. The Morgan fingerprint density at radius 2 is 2.00 bits per heavy atom. The van der Waals surface area contributed by atoms with Gasteiger partial charge in [-0.15, -0.1) is 0 Å². The van der Waals surface area contributed by atoms with Crippen LogP contribution in [0.3, 0.4) is 0 Å². The predicted octanol–water partition coefficient (Wildman–Crippen LogP) is 1.39. The molecule has 0 bridgehead atoms. The van der Waals surface area contributed by atoms with E-state index in [1.54, 1.807) is 0 Å². The van der Waals surface area contributed by atoms with E-state index in [1.165, 1.54) is 31.6 Å². The second-order valence-corrected chi connectivity index (χ2v) is 4.28. The van der Waals surface area contributed by atoms with Gasteiger partial charge in [-0.2, -0.15) is 0 Å². The lowest BCUT2D eigenvalue weighted by atomic mass is 10.4. The second kappa shape index (κ2) is 3.79. The molecule has 4 heteroatoms. The molecule has 1 saturated heterocycles. The van der Waals surface area contributed by atoms with Crippen LogP contribution in [0.2, 0.25) is 0 Å². The van der Waals surface area contributed by atoms with Crippen molar-refractivity contribution in [1.29, 1.82) is 0 Å². The summed E-state index contributed by atoms with van der Waals surface area (Å²) in [6, 6.07) is 4.21. The molecule has 2 aromatic heterocycles. The van der Waals surface area contributed by atoms with Gasteiger partial charge in [0.1, 0.15) is 5.65 Å². The van der Waals surface area contributed by atoms with E-state index in [4.69, 9.17) is 5.73 Å². The Morgan fingerprint density at radius 3 is 2.75 bits per heavy atom. The van der Waals surface area contributed by atoms with E-state index < -0.39 is 0 Å². The summed E-state index contributed by atoms with van der Waals surface area (Å²) in [6.45, 7) is 2.84. The summed E-state index contributed by atoms with van der Waals surface area (Å²) in [4.78, 5) is 6.84. The molecule has 0 spiro atoms. The van der Waals surface area contributed by atoms with Crippen LogP contribution in [0.25, 0.3) is 5.65 Å². The van der Waals surface area contributed by atoms with Gasteiger partial charge in [0.2, 0.25) is 0 Å². The number of anilines is 1. The van der Waals surface area contributed by atoms with Gasteiger partial charge in [-0.1, -0.05) is 0 Å². The molecule has 0 amide bonds. The third-order valence-corrected chi connectivity index (χ3v) is 3.17. The zero-order valence-corrected chi connectivity index (χ0v) is 9.26. The lowest BCUT2D eigenvalue weighted by Gasteiger charge is -2.17. The van der Waals surface area contributed by atoms with Gasteiger partial charge >= 0.3 is 0 Å². The summed E-state index contributed by atoms with van der Waals surface area (Å²) < 4.78 is 2.07. The van der Waals surface area contributed by atoms with Crippen molar-refractivity contribution in [3.8, 4) is 0 Å². The molecule has 1 aliphatic rings. The van der Waals surface area contributed by atoms with E-state index in [1.807, 2.05) is 6.20 Å². The van der Waals surface area contributed by atoms with Gasteiger partial charge < -0.3 is 15.0 Å². The normalized spacial score (nSPS) is 16.2. The molecular weight excluding hydrogens is 200 g/mol. The van der Waals surface area contributed by atoms with Crippen LogP contribution in [0.5, 0.6) is 0 Å². The van der Waals surface area contributed by atoms with Crippen molar-refractivity contribution < 1.29 is 0 Å². The molecule has 3 heterocycles. The maximum atomic E-state index is 5.59. The first kappa shape index (κ1) is 9.66. The molecule has 0 aromatic carbocycles. The first-order valence-electron chi connectivity index (χ1n) is 5.79. The Hall–Kier alpha value is -1.55. The lowest BCUT2D eigenvalue weighted by molar-refractivity contribution is 0.949. The van der Waals surface area contributed by atoms with Crippen LogP contribution in [0.15, 0.2) is 24.5 Å². The second-order valence-electron chi connectivity index (χ2n) is 4.28. The summed E-state index contributed by atoms with van der Waals surface area (Å²) in [6.07, 6.45) is 6.76. The van der Waals surface area contributed by atoms with Gasteiger partial charge in [0.15, 0.2) is 0 Å². The van der Waals surface area contributed by atoms with E-state index in [2.05, 4.69) is 32.6 Å². The van der Waals surface area contributed by atoms with Gasteiger partial charge in [0.25, 0.3) is 0 Å². The van der Waals surface area contributed by atoms with Crippen molar-refractivity contribution in [3.05, 3.63) is 30.2 Å². The third-order valence-electron chi connectivity index (χ3n) is 3.17. The Morgan fingerprint density at radius 1 is 1.19 bits per heavy atom. The van der Waals surface area contributed by atoms with Crippen LogP contribution in [0, 0.1) is 0 Å². The smallest absolute Gasteiger partial charge is 0.137 e. The SMILES string of the molecule is NCc1cn2cc(N3CCCC3)ccc2n1. The number of fused-ring (bicyclic) bond motifs is 1. The van der Waals surface area contributed by atoms with Crippen LogP contribution >= 0.6 is 0 Å². The minimum atomic E-state index is 0.501. The van der Waals surface area contributed by atoms with Gasteiger partial charge in [-0.05, 0) is 25.0 Å². The molecule has 3 rings (SSSR count). The number of hydrogen-bond acceptors (Lipinski definition) is 3. The topological polar surface area (TPSA) is 46.6 Å². The summed E-state index contributed by atoms with van der Waals surface area (Å²) >= 11 is 0. The average Bonchev–Trinajstić information content (AvgIpc) is 2.96. The molecule has 0 aliphatic carbocycles. The molecular formula is C12H16N4. The van der Waals surface area contributed by atoms with Gasteiger partial charge in [-0.25, -0.2) is 4.98 Å². The van der Waals surface area contributed by atoms with E-state index in [0.717, 1.165) is 11.3 Å². The average molecular weight is 216 g/mol. The van der Waals surface area contributed by atoms with Crippen molar-refractivity contribution in [2.45, 2.75) is 19.4 Å². The maximum Gasteiger partial charge on any atom is 0.137 e. The fraction of sp³-hybridized carbons (Fsp3) is 0.417. The fourth-order valence-electron chi connectivity index (χ4n) is 2.29. The molecule has 2 aromatic rings. The fourth-order valence-corrected chi connectivity index (χ4v) is 2.29. The Balaban J connectivity index is 2.00. The Kier molecular flexibility index (Phi) is 2.29. The van der Waals surface area contributed by atoms with Crippen LogP contribution < -0.4 is 10.6 Å². The number of pyridine rings is 1. The van der Waals surface area contributed by atoms with Crippen LogP contribution in [-0.2, 0) is 6.54 Å². The van der Waals surface area contributed by atoms with E-state index in [0.29, 0.717) is 6.54 Å². The molecule has 0 atom stereocenters.